The third kappa shape index (κ3) is 2.32. The van der Waals surface area contributed by atoms with Gasteiger partial charge in [-0.25, -0.2) is 0 Å². The summed E-state index contributed by atoms with van der Waals surface area (Å²) >= 11 is 0. The lowest BCUT2D eigenvalue weighted by atomic mass is 9.94. The van der Waals surface area contributed by atoms with E-state index >= 15 is 0 Å². The van der Waals surface area contributed by atoms with Crippen LogP contribution in [0.2, 0.25) is 0 Å². The maximum absolute atomic E-state index is 12.0. The Labute approximate surface area is 90.8 Å². The summed E-state index contributed by atoms with van der Waals surface area (Å²) in [5.74, 6) is 0.579. The second-order valence-corrected chi connectivity index (χ2v) is 4.72. The third-order valence-corrected chi connectivity index (χ3v) is 3.49. The molecular formula is C11H20N2O2. The number of piperidine rings is 1. The van der Waals surface area contributed by atoms with Crippen LogP contribution in [0.1, 0.15) is 26.2 Å². The van der Waals surface area contributed by atoms with E-state index < -0.39 is 0 Å². The van der Waals surface area contributed by atoms with Gasteiger partial charge in [-0.2, -0.15) is 0 Å². The van der Waals surface area contributed by atoms with E-state index in [9.17, 15) is 4.79 Å². The van der Waals surface area contributed by atoms with Gasteiger partial charge in [0.1, 0.15) is 6.10 Å². The Morgan fingerprint density at radius 2 is 2.27 bits per heavy atom. The molecule has 2 fully saturated rings. The van der Waals surface area contributed by atoms with E-state index in [1.807, 2.05) is 4.90 Å². The first-order valence-corrected chi connectivity index (χ1v) is 5.84. The van der Waals surface area contributed by atoms with Gasteiger partial charge in [0.15, 0.2) is 0 Å². The van der Waals surface area contributed by atoms with Crippen LogP contribution < -0.4 is 5.73 Å². The highest BCUT2D eigenvalue weighted by molar-refractivity contribution is 5.81. The number of hydrogen-bond donors (Lipinski definition) is 1. The minimum absolute atomic E-state index is 0.172. The summed E-state index contributed by atoms with van der Waals surface area (Å²) in [5, 5.41) is 0. The fraction of sp³-hybridized carbons (Fsp3) is 0.909. The highest BCUT2D eigenvalue weighted by Gasteiger charge is 2.32. The molecule has 2 saturated heterocycles. The Balaban J connectivity index is 1.90. The van der Waals surface area contributed by atoms with E-state index in [1.165, 1.54) is 0 Å². The van der Waals surface area contributed by atoms with Gasteiger partial charge in [-0.3, -0.25) is 4.79 Å². The molecule has 0 radical (unpaired) electrons. The van der Waals surface area contributed by atoms with Crippen molar-refractivity contribution in [2.45, 2.75) is 38.3 Å². The fourth-order valence-corrected chi connectivity index (χ4v) is 2.34. The van der Waals surface area contributed by atoms with Crippen LogP contribution in [0.3, 0.4) is 0 Å². The highest BCUT2D eigenvalue weighted by atomic mass is 16.5. The zero-order valence-corrected chi connectivity index (χ0v) is 9.32. The van der Waals surface area contributed by atoms with Crippen molar-refractivity contribution in [1.29, 1.82) is 0 Å². The van der Waals surface area contributed by atoms with Crippen molar-refractivity contribution in [3.05, 3.63) is 0 Å². The molecule has 0 saturated carbocycles. The van der Waals surface area contributed by atoms with Gasteiger partial charge in [0.2, 0.25) is 0 Å². The minimum Gasteiger partial charge on any atom is -0.368 e. The molecule has 2 rings (SSSR count). The van der Waals surface area contributed by atoms with Crippen LogP contribution in [0.5, 0.6) is 0 Å². The van der Waals surface area contributed by atoms with Crippen molar-refractivity contribution in [3.63, 3.8) is 0 Å². The molecule has 2 aliphatic rings. The van der Waals surface area contributed by atoms with Crippen LogP contribution in [-0.2, 0) is 9.53 Å². The van der Waals surface area contributed by atoms with E-state index in [0.29, 0.717) is 5.92 Å². The van der Waals surface area contributed by atoms with Crippen LogP contribution >= 0.6 is 0 Å². The van der Waals surface area contributed by atoms with Crippen LogP contribution in [0.4, 0.5) is 0 Å². The zero-order chi connectivity index (χ0) is 10.8. The molecule has 2 heterocycles. The van der Waals surface area contributed by atoms with E-state index in [1.54, 1.807) is 0 Å². The third-order valence-electron chi connectivity index (χ3n) is 3.49. The molecule has 0 aromatic rings. The predicted molar refractivity (Wildman–Crippen MR) is 57.3 cm³/mol. The first-order valence-electron chi connectivity index (χ1n) is 5.84. The summed E-state index contributed by atoms with van der Waals surface area (Å²) in [7, 11) is 0. The number of rotatable bonds is 1. The Kier molecular flexibility index (Phi) is 3.26. The summed E-state index contributed by atoms with van der Waals surface area (Å²) in [5.41, 5.74) is 5.92. The number of nitrogens with two attached hydrogens (primary N) is 1. The lowest BCUT2D eigenvalue weighted by Gasteiger charge is -2.36. The number of carbonyl (C=O) groups excluding carboxylic acids is 1. The highest BCUT2D eigenvalue weighted by Crippen LogP contribution is 2.20. The fourth-order valence-electron chi connectivity index (χ4n) is 2.34. The van der Waals surface area contributed by atoms with Crippen molar-refractivity contribution in [1.82, 2.24) is 4.90 Å². The van der Waals surface area contributed by atoms with Gasteiger partial charge in [0.25, 0.3) is 5.91 Å². The molecule has 2 aliphatic heterocycles. The summed E-state index contributed by atoms with van der Waals surface area (Å²) in [6.07, 6.45) is 2.64. The summed E-state index contributed by atoms with van der Waals surface area (Å²) < 4.78 is 5.41. The molecule has 0 aromatic heterocycles. The largest absolute Gasteiger partial charge is 0.368 e. The van der Waals surface area contributed by atoms with E-state index in [4.69, 9.17) is 10.5 Å². The molecule has 3 atom stereocenters. The molecule has 0 spiro atoms. The normalized spacial score (nSPS) is 36.9. The Morgan fingerprint density at radius 1 is 1.47 bits per heavy atom. The molecule has 4 nitrogen and oxygen atoms in total. The Bertz CT molecular complexity index is 239. The van der Waals surface area contributed by atoms with Crippen LogP contribution in [0.25, 0.3) is 0 Å². The van der Waals surface area contributed by atoms with Crippen LogP contribution in [0.15, 0.2) is 0 Å². The average Bonchev–Trinajstić information content (AvgIpc) is 2.74. The van der Waals surface area contributed by atoms with Crippen molar-refractivity contribution in [2.24, 2.45) is 11.7 Å². The van der Waals surface area contributed by atoms with Crippen molar-refractivity contribution in [3.8, 4) is 0 Å². The monoisotopic (exact) mass is 212 g/mol. The van der Waals surface area contributed by atoms with Crippen LogP contribution in [-0.4, -0.2) is 42.6 Å². The Hall–Kier alpha value is -0.610. The molecule has 4 heteroatoms. The number of carbonyl (C=O) groups is 1. The van der Waals surface area contributed by atoms with Crippen molar-refractivity contribution in [2.75, 3.05) is 19.7 Å². The lowest BCUT2D eigenvalue weighted by Crippen LogP contribution is -2.50. The van der Waals surface area contributed by atoms with Gasteiger partial charge < -0.3 is 15.4 Å². The van der Waals surface area contributed by atoms with Crippen LogP contribution in [0, 0.1) is 5.92 Å². The number of nitrogens with zero attached hydrogens (tertiary/aromatic N) is 1. The molecule has 0 aliphatic carbocycles. The minimum atomic E-state index is -0.175. The Morgan fingerprint density at radius 3 is 2.87 bits per heavy atom. The molecule has 86 valence electrons. The van der Waals surface area contributed by atoms with E-state index in [-0.39, 0.29) is 18.1 Å². The van der Waals surface area contributed by atoms with E-state index in [2.05, 4.69) is 6.92 Å². The van der Waals surface area contributed by atoms with Crippen molar-refractivity contribution >= 4 is 5.91 Å². The maximum atomic E-state index is 12.0. The smallest absolute Gasteiger partial charge is 0.251 e. The van der Waals surface area contributed by atoms with Gasteiger partial charge in [0.05, 0.1) is 0 Å². The first-order chi connectivity index (χ1) is 7.18. The molecular weight excluding hydrogens is 192 g/mol. The lowest BCUT2D eigenvalue weighted by molar-refractivity contribution is -0.142. The van der Waals surface area contributed by atoms with Gasteiger partial charge in [-0.15, -0.1) is 0 Å². The second kappa shape index (κ2) is 4.49. The molecule has 1 amide bonds. The van der Waals surface area contributed by atoms with E-state index in [0.717, 1.165) is 39.0 Å². The van der Waals surface area contributed by atoms with Gasteiger partial charge in [0, 0.05) is 25.7 Å². The maximum Gasteiger partial charge on any atom is 0.251 e. The summed E-state index contributed by atoms with van der Waals surface area (Å²) in [6.45, 7) is 4.43. The molecule has 3 unspecified atom stereocenters. The quantitative estimate of drug-likeness (QED) is 0.683. The molecule has 0 bridgehead atoms. The predicted octanol–water partition coefficient (Wildman–Crippen LogP) is 0.361. The van der Waals surface area contributed by atoms with Gasteiger partial charge in [-0.1, -0.05) is 6.92 Å². The second-order valence-electron chi connectivity index (χ2n) is 4.72. The topological polar surface area (TPSA) is 55.6 Å². The number of amides is 1. The molecule has 2 N–H and O–H groups in total. The standard InChI is InChI=1S/C11H20N2O2/c1-8-7-13(5-4-9(8)12)11(14)10-3-2-6-15-10/h8-10H,2-7,12H2,1H3. The average molecular weight is 212 g/mol. The SMILES string of the molecule is CC1CN(C(=O)C2CCCO2)CCC1N. The van der Waals surface area contributed by atoms with Gasteiger partial charge in [-0.05, 0) is 25.2 Å². The number of likely N-dealkylation sites (tertiary alicyclic amines) is 1. The van der Waals surface area contributed by atoms with Gasteiger partial charge >= 0.3 is 0 Å². The molecule has 15 heavy (non-hydrogen) atoms. The number of hydrogen-bond acceptors (Lipinski definition) is 3. The van der Waals surface area contributed by atoms with Crippen molar-refractivity contribution < 1.29 is 9.53 Å². The summed E-state index contributed by atoms with van der Waals surface area (Å²) in [6, 6.07) is 0.249. The summed E-state index contributed by atoms with van der Waals surface area (Å²) in [4.78, 5) is 13.9. The number of ether oxygens (including phenoxy) is 1. The molecule has 0 aromatic carbocycles. The zero-order valence-electron chi connectivity index (χ0n) is 9.32. The first kappa shape index (κ1) is 10.9.